The molecule has 1 fully saturated rings. The van der Waals surface area contributed by atoms with E-state index >= 15 is 0 Å². The van der Waals surface area contributed by atoms with Gasteiger partial charge in [0.2, 0.25) is 0 Å². The van der Waals surface area contributed by atoms with Crippen LogP contribution in [0.1, 0.15) is 5.56 Å². The molecule has 0 saturated carbocycles. The number of aliphatic imine (C=N–C) groups is 1. The molecule has 0 atom stereocenters. The Bertz CT molecular complexity index is 962. The van der Waals surface area contributed by atoms with Gasteiger partial charge in [-0.3, -0.25) is 9.89 Å². The highest BCUT2D eigenvalue weighted by Crippen LogP contribution is 2.28. The summed E-state index contributed by atoms with van der Waals surface area (Å²) in [5.41, 5.74) is 3.33. The number of anilines is 1. The number of hydrogen-bond donors (Lipinski definition) is 3. The van der Waals surface area contributed by atoms with Gasteiger partial charge < -0.3 is 20.1 Å². The van der Waals surface area contributed by atoms with Crippen molar-refractivity contribution in [3.8, 4) is 5.88 Å². The Labute approximate surface area is 168 Å². The average Bonchev–Trinajstić information content (AvgIpc) is 3.02. The van der Waals surface area contributed by atoms with Crippen molar-refractivity contribution in [3.63, 3.8) is 0 Å². The second-order valence-corrected chi connectivity index (χ2v) is 7.20. The smallest absolute Gasteiger partial charge is 0.198 e. The van der Waals surface area contributed by atoms with Gasteiger partial charge >= 0.3 is 0 Å². The van der Waals surface area contributed by atoms with Crippen LogP contribution in [0.5, 0.6) is 5.88 Å². The number of nitrogens with one attached hydrogen (secondary N) is 2. The van der Waals surface area contributed by atoms with Gasteiger partial charge in [-0.2, -0.15) is 0 Å². The molecule has 0 amide bonds. The number of morpholine rings is 1. The predicted octanol–water partition coefficient (Wildman–Crippen LogP) is 4.02. The normalized spacial score (nSPS) is 15.5. The molecule has 0 bridgehead atoms. The van der Waals surface area contributed by atoms with E-state index in [0.717, 1.165) is 61.7 Å². The number of H-pyrrole nitrogens is 1. The van der Waals surface area contributed by atoms with Crippen molar-refractivity contribution in [2.45, 2.75) is 0 Å². The molecule has 7 heteroatoms. The number of halogens is 1. The van der Waals surface area contributed by atoms with Crippen LogP contribution < -0.4 is 5.32 Å². The van der Waals surface area contributed by atoms with Crippen LogP contribution in [0.15, 0.2) is 47.5 Å². The van der Waals surface area contributed by atoms with Crippen LogP contribution in [0, 0.1) is 0 Å². The molecule has 4 rings (SSSR count). The summed E-state index contributed by atoms with van der Waals surface area (Å²) in [5, 5.41) is 15.0. The van der Waals surface area contributed by atoms with E-state index in [4.69, 9.17) is 16.3 Å². The quantitative estimate of drug-likeness (QED) is 0.548. The summed E-state index contributed by atoms with van der Waals surface area (Å²) in [5.74, 6) is 0.0856. The third-order valence-electron chi connectivity index (χ3n) is 4.85. The van der Waals surface area contributed by atoms with Crippen molar-refractivity contribution < 1.29 is 9.84 Å². The zero-order valence-electron chi connectivity index (χ0n) is 15.5. The van der Waals surface area contributed by atoms with Crippen LogP contribution in [-0.4, -0.2) is 60.6 Å². The summed E-state index contributed by atoms with van der Waals surface area (Å²) in [6, 6.07) is 13.4. The maximum atomic E-state index is 10.1. The van der Waals surface area contributed by atoms with Crippen LogP contribution in [0.4, 0.5) is 11.4 Å². The number of benzene rings is 2. The van der Waals surface area contributed by atoms with Gasteiger partial charge in [0.15, 0.2) is 5.88 Å². The molecule has 0 aliphatic carbocycles. The van der Waals surface area contributed by atoms with Gasteiger partial charge in [-0.15, -0.1) is 0 Å². The Morgan fingerprint density at radius 2 is 1.96 bits per heavy atom. The monoisotopic (exact) mass is 398 g/mol. The number of nitrogens with zero attached hydrogens (tertiary/aromatic N) is 2. The lowest BCUT2D eigenvalue weighted by Crippen LogP contribution is -2.38. The number of aromatic amines is 1. The van der Waals surface area contributed by atoms with Crippen LogP contribution in [0.2, 0.25) is 5.02 Å². The summed E-state index contributed by atoms with van der Waals surface area (Å²) in [6.07, 6.45) is 1.66. The minimum absolute atomic E-state index is 0.0856. The lowest BCUT2D eigenvalue weighted by atomic mass is 10.2. The molecule has 1 aromatic heterocycles. The maximum absolute atomic E-state index is 10.1. The van der Waals surface area contributed by atoms with E-state index < -0.39 is 0 Å². The lowest BCUT2D eigenvalue weighted by molar-refractivity contribution is 0.0398. The first-order chi connectivity index (χ1) is 13.7. The molecule has 146 valence electrons. The molecule has 6 nitrogen and oxygen atoms in total. The number of aromatic nitrogens is 1. The van der Waals surface area contributed by atoms with Crippen LogP contribution in [0.25, 0.3) is 10.9 Å². The molecular weight excluding hydrogens is 376 g/mol. The Balaban J connectivity index is 1.38. The highest BCUT2D eigenvalue weighted by atomic mass is 35.5. The van der Waals surface area contributed by atoms with Gasteiger partial charge in [0.05, 0.1) is 24.5 Å². The molecule has 1 aliphatic rings. The number of hydrogen-bond acceptors (Lipinski definition) is 5. The largest absolute Gasteiger partial charge is 0.494 e. The third kappa shape index (κ3) is 4.47. The van der Waals surface area contributed by atoms with Crippen molar-refractivity contribution in [2.24, 2.45) is 4.99 Å². The Kier molecular flexibility index (Phi) is 5.81. The summed E-state index contributed by atoms with van der Waals surface area (Å²) < 4.78 is 5.36. The number of rotatable bonds is 6. The van der Waals surface area contributed by atoms with E-state index in [-0.39, 0.29) is 5.88 Å². The summed E-state index contributed by atoms with van der Waals surface area (Å²) >= 11 is 6.07. The van der Waals surface area contributed by atoms with E-state index in [2.05, 4.69) is 20.2 Å². The molecule has 2 heterocycles. The molecule has 1 aliphatic heterocycles. The third-order valence-corrected chi connectivity index (χ3v) is 5.09. The van der Waals surface area contributed by atoms with Gasteiger partial charge in [-0.25, -0.2) is 0 Å². The second kappa shape index (κ2) is 8.65. The fraction of sp³-hybridized carbons (Fsp3) is 0.286. The summed E-state index contributed by atoms with van der Waals surface area (Å²) in [6.45, 7) is 5.55. The lowest BCUT2D eigenvalue weighted by Gasteiger charge is -2.26. The van der Waals surface area contributed by atoms with E-state index in [1.165, 1.54) is 0 Å². The minimum Gasteiger partial charge on any atom is -0.494 e. The fourth-order valence-electron chi connectivity index (χ4n) is 3.29. The van der Waals surface area contributed by atoms with E-state index in [9.17, 15) is 5.11 Å². The minimum atomic E-state index is 0.0856. The fourth-order valence-corrected chi connectivity index (χ4v) is 3.46. The average molecular weight is 399 g/mol. The zero-order valence-corrected chi connectivity index (χ0v) is 16.2. The first-order valence-corrected chi connectivity index (χ1v) is 9.75. The van der Waals surface area contributed by atoms with E-state index in [0.29, 0.717) is 10.6 Å². The first kappa shape index (κ1) is 18.8. The summed E-state index contributed by atoms with van der Waals surface area (Å²) in [7, 11) is 0. The van der Waals surface area contributed by atoms with Gasteiger partial charge in [-0.1, -0.05) is 11.6 Å². The Hall–Kier alpha value is -2.54. The predicted molar refractivity (Wildman–Crippen MR) is 114 cm³/mol. The van der Waals surface area contributed by atoms with Crippen molar-refractivity contribution in [1.29, 1.82) is 0 Å². The topological polar surface area (TPSA) is 72.9 Å². The molecule has 0 unspecified atom stereocenters. The van der Waals surface area contributed by atoms with Gasteiger partial charge in [0, 0.05) is 54.0 Å². The van der Waals surface area contributed by atoms with Crippen molar-refractivity contribution in [1.82, 2.24) is 9.88 Å². The highest BCUT2D eigenvalue weighted by Gasteiger charge is 2.10. The van der Waals surface area contributed by atoms with Gasteiger partial charge in [-0.05, 0) is 42.5 Å². The van der Waals surface area contributed by atoms with Gasteiger partial charge in [0.1, 0.15) is 0 Å². The van der Waals surface area contributed by atoms with Crippen molar-refractivity contribution in [3.05, 3.63) is 53.1 Å². The first-order valence-electron chi connectivity index (χ1n) is 9.37. The maximum Gasteiger partial charge on any atom is 0.198 e. The van der Waals surface area contributed by atoms with Crippen molar-refractivity contribution in [2.75, 3.05) is 44.7 Å². The van der Waals surface area contributed by atoms with Crippen LogP contribution in [-0.2, 0) is 4.74 Å². The SMILES string of the molecule is Oc1[nH]c2ccc(Cl)cc2c1C=Nc1ccc(NCCN2CCOCC2)cc1. The molecule has 2 aromatic carbocycles. The van der Waals surface area contributed by atoms with Crippen LogP contribution in [0.3, 0.4) is 0 Å². The Morgan fingerprint density at radius 3 is 2.75 bits per heavy atom. The Morgan fingerprint density at radius 1 is 1.18 bits per heavy atom. The molecule has 0 spiro atoms. The zero-order chi connectivity index (χ0) is 19.3. The molecule has 28 heavy (non-hydrogen) atoms. The molecule has 0 radical (unpaired) electrons. The summed E-state index contributed by atoms with van der Waals surface area (Å²) in [4.78, 5) is 9.82. The molecule has 1 saturated heterocycles. The molecule has 3 aromatic rings. The number of aromatic hydroxyl groups is 1. The highest BCUT2D eigenvalue weighted by molar-refractivity contribution is 6.31. The second-order valence-electron chi connectivity index (χ2n) is 6.76. The number of fused-ring (bicyclic) bond motifs is 1. The van der Waals surface area contributed by atoms with Gasteiger partial charge in [0.25, 0.3) is 0 Å². The standard InChI is InChI=1S/C21H23ClN4O2/c22-15-1-6-20-18(13-15)19(21(27)25-20)14-24-17-4-2-16(3-5-17)23-7-8-26-9-11-28-12-10-26/h1-6,13-14,23,25,27H,7-12H2. The molecule has 3 N–H and O–H groups in total. The van der Waals surface area contributed by atoms with Crippen LogP contribution >= 0.6 is 11.6 Å². The van der Waals surface area contributed by atoms with E-state index in [1.54, 1.807) is 12.3 Å². The molecular formula is C21H23ClN4O2. The van der Waals surface area contributed by atoms with E-state index in [1.807, 2.05) is 36.4 Å². The van der Waals surface area contributed by atoms with Crippen molar-refractivity contribution >= 4 is 40.1 Å². The number of ether oxygens (including phenoxy) is 1.